The van der Waals surface area contributed by atoms with Gasteiger partial charge in [-0.05, 0) is 61.2 Å². The predicted octanol–water partition coefficient (Wildman–Crippen LogP) is 3.84. The van der Waals surface area contributed by atoms with Crippen LogP contribution in [0, 0.1) is 0 Å². The number of carbonyl (C=O) groups is 1. The first-order chi connectivity index (χ1) is 13.7. The quantitative estimate of drug-likeness (QED) is 0.736. The molecule has 1 amide bonds. The lowest BCUT2D eigenvalue weighted by atomic mass is 9.98. The molecule has 0 N–H and O–H groups in total. The number of nitrogens with zero attached hydrogens (tertiary/aromatic N) is 2. The number of sulfonamides is 1. The van der Waals surface area contributed by atoms with Gasteiger partial charge in [0.1, 0.15) is 0 Å². The molecule has 0 radical (unpaired) electrons. The molecule has 2 aliphatic rings. The van der Waals surface area contributed by atoms with E-state index in [4.69, 9.17) is 0 Å². The highest BCUT2D eigenvalue weighted by molar-refractivity contribution is 7.93. The van der Waals surface area contributed by atoms with E-state index in [2.05, 4.69) is 0 Å². The van der Waals surface area contributed by atoms with Crippen LogP contribution >= 0.6 is 0 Å². The van der Waals surface area contributed by atoms with Gasteiger partial charge in [0.2, 0.25) is 10.0 Å². The van der Waals surface area contributed by atoms with Crippen molar-refractivity contribution in [3.63, 3.8) is 0 Å². The summed E-state index contributed by atoms with van der Waals surface area (Å²) in [6.45, 7) is 0.760. The molecule has 2 aromatic carbocycles. The van der Waals surface area contributed by atoms with Crippen molar-refractivity contribution in [2.24, 2.45) is 0 Å². The number of carbonyl (C=O) groups excluding carboxylic acids is 1. The summed E-state index contributed by atoms with van der Waals surface area (Å²) in [4.78, 5) is 14.6. The van der Waals surface area contributed by atoms with Gasteiger partial charge in [-0.2, -0.15) is 13.2 Å². The third-order valence-electron chi connectivity index (χ3n) is 5.25. The van der Waals surface area contributed by atoms with E-state index in [1.54, 1.807) is 18.2 Å². The number of benzene rings is 2. The lowest BCUT2D eigenvalue weighted by Crippen LogP contribution is -2.35. The molecule has 2 heterocycles. The summed E-state index contributed by atoms with van der Waals surface area (Å²) in [7, 11) is -3.37. The van der Waals surface area contributed by atoms with Crippen molar-refractivity contribution < 1.29 is 26.4 Å². The van der Waals surface area contributed by atoms with E-state index in [0.717, 1.165) is 12.1 Å². The van der Waals surface area contributed by atoms with Crippen LogP contribution < -0.4 is 9.21 Å². The van der Waals surface area contributed by atoms with Crippen molar-refractivity contribution in [3.8, 4) is 0 Å². The zero-order valence-electron chi connectivity index (χ0n) is 15.4. The third kappa shape index (κ3) is 3.71. The largest absolute Gasteiger partial charge is 0.416 e. The number of hydrogen-bond donors (Lipinski definition) is 0. The van der Waals surface area contributed by atoms with Crippen molar-refractivity contribution in [2.75, 3.05) is 28.0 Å². The lowest BCUT2D eigenvalue weighted by molar-refractivity contribution is -0.137. The maximum Gasteiger partial charge on any atom is 0.416 e. The van der Waals surface area contributed by atoms with E-state index in [-0.39, 0.29) is 11.7 Å². The fourth-order valence-corrected chi connectivity index (χ4v) is 5.42. The van der Waals surface area contributed by atoms with Gasteiger partial charge in [0.25, 0.3) is 5.91 Å². The maximum absolute atomic E-state index is 13.1. The molecule has 0 spiro atoms. The monoisotopic (exact) mass is 424 g/mol. The van der Waals surface area contributed by atoms with Gasteiger partial charge in [-0.3, -0.25) is 9.10 Å². The second-order valence-corrected chi connectivity index (χ2v) is 9.21. The van der Waals surface area contributed by atoms with E-state index in [9.17, 15) is 26.4 Å². The summed E-state index contributed by atoms with van der Waals surface area (Å²) in [6.07, 6.45) is -2.88. The van der Waals surface area contributed by atoms with Gasteiger partial charge >= 0.3 is 6.18 Å². The molecular weight excluding hydrogens is 405 g/mol. The Hall–Kier alpha value is -2.55. The third-order valence-corrected chi connectivity index (χ3v) is 7.12. The molecule has 0 aromatic heterocycles. The molecule has 4 rings (SSSR count). The first-order valence-corrected chi connectivity index (χ1v) is 10.9. The van der Waals surface area contributed by atoms with Crippen molar-refractivity contribution >= 4 is 27.3 Å². The molecule has 29 heavy (non-hydrogen) atoms. The second kappa shape index (κ2) is 7.05. The Morgan fingerprint density at radius 1 is 1.00 bits per heavy atom. The molecule has 0 atom stereocenters. The normalized spacial score (nSPS) is 18.6. The predicted molar refractivity (Wildman–Crippen MR) is 104 cm³/mol. The van der Waals surface area contributed by atoms with Crippen molar-refractivity contribution in [1.82, 2.24) is 0 Å². The average Bonchev–Trinajstić information content (AvgIpc) is 3.05. The van der Waals surface area contributed by atoms with Crippen LogP contribution in [-0.4, -0.2) is 33.2 Å². The Morgan fingerprint density at radius 2 is 1.79 bits per heavy atom. The summed E-state index contributed by atoms with van der Waals surface area (Å²) >= 11 is 0. The number of amides is 1. The highest BCUT2D eigenvalue weighted by Crippen LogP contribution is 2.36. The van der Waals surface area contributed by atoms with E-state index in [1.165, 1.54) is 21.3 Å². The van der Waals surface area contributed by atoms with Gasteiger partial charge in [0, 0.05) is 24.3 Å². The molecule has 2 aromatic rings. The standard InChI is InChI=1S/C20H19F3N2O3S/c21-20(22,23)16-7-8-18-14(12-16)5-2-9-24(18)19(26)15-4-1-6-17(13-15)25-10-3-11-29(25,27)28/h1,4,6-8,12-13H,2-3,5,9-11H2. The van der Waals surface area contributed by atoms with Gasteiger partial charge in [-0.1, -0.05) is 6.07 Å². The highest BCUT2D eigenvalue weighted by Gasteiger charge is 2.33. The van der Waals surface area contributed by atoms with E-state index in [0.29, 0.717) is 54.9 Å². The molecule has 5 nitrogen and oxygen atoms in total. The summed E-state index contributed by atoms with van der Waals surface area (Å²) in [5, 5.41) is 0. The first-order valence-electron chi connectivity index (χ1n) is 9.29. The summed E-state index contributed by atoms with van der Waals surface area (Å²) in [6, 6.07) is 9.80. The number of aryl methyl sites for hydroxylation is 1. The van der Waals surface area contributed by atoms with Crippen LogP contribution in [0.4, 0.5) is 24.5 Å². The SMILES string of the molecule is O=C(c1cccc(N2CCCS2(=O)=O)c1)N1CCCc2cc(C(F)(F)F)ccc21. The highest BCUT2D eigenvalue weighted by atomic mass is 32.2. The molecule has 0 aliphatic carbocycles. The van der Waals surface area contributed by atoms with Gasteiger partial charge < -0.3 is 4.90 Å². The average molecular weight is 424 g/mol. The zero-order valence-corrected chi connectivity index (χ0v) is 16.3. The van der Waals surface area contributed by atoms with Crippen LogP contribution in [0.25, 0.3) is 0 Å². The van der Waals surface area contributed by atoms with Crippen LogP contribution in [0.1, 0.15) is 34.3 Å². The molecular formula is C20H19F3N2O3S. The van der Waals surface area contributed by atoms with Crippen molar-refractivity contribution in [3.05, 3.63) is 59.2 Å². The van der Waals surface area contributed by atoms with Crippen LogP contribution in [0.2, 0.25) is 0 Å². The summed E-state index contributed by atoms with van der Waals surface area (Å²) in [5.41, 5.74) is 0.952. The zero-order chi connectivity index (χ0) is 20.8. The molecule has 0 saturated carbocycles. The molecule has 0 bridgehead atoms. The molecule has 0 unspecified atom stereocenters. The van der Waals surface area contributed by atoms with Gasteiger partial charge in [-0.25, -0.2) is 8.42 Å². The van der Waals surface area contributed by atoms with E-state index in [1.807, 2.05) is 0 Å². The van der Waals surface area contributed by atoms with E-state index >= 15 is 0 Å². The number of anilines is 2. The Morgan fingerprint density at radius 3 is 2.48 bits per heavy atom. The molecule has 154 valence electrons. The van der Waals surface area contributed by atoms with Crippen LogP contribution in [0.3, 0.4) is 0 Å². The minimum Gasteiger partial charge on any atom is -0.308 e. The minimum absolute atomic E-state index is 0.0756. The van der Waals surface area contributed by atoms with E-state index < -0.39 is 21.8 Å². The number of alkyl halides is 3. The van der Waals surface area contributed by atoms with Crippen LogP contribution in [0.15, 0.2) is 42.5 Å². The Kier molecular flexibility index (Phi) is 4.80. The van der Waals surface area contributed by atoms with Crippen molar-refractivity contribution in [2.45, 2.75) is 25.4 Å². The number of rotatable bonds is 2. The summed E-state index contributed by atoms with van der Waals surface area (Å²) < 4.78 is 64.6. The van der Waals surface area contributed by atoms with Crippen LogP contribution in [-0.2, 0) is 22.6 Å². The maximum atomic E-state index is 13.1. The topological polar surface area (TPSA) is 57.7 Å². The molecule has 2 aliphatic heterocycles. The fraction of sp³-hybridized carbons (Fsp3) is 0.350. The van der Waals surface area contributed by atoms with Crippen LogP contribution in [0.5, 0.6) is 0 Å². The summed E-state index contributed by atoms with van der Waals surface area (Å²) in [5.74, 6) is -0.282. The Bertz CT molecular complexity index is 1070. The number of hydrogen-bond acceptors (Lipinski definition) is 3. The number of fused-ring (bicyclic) bond motifs is 1. The molecule has 9 heteroatoms. The Balaban J connectivity index is 1.66. The second-order valence-electron chi connectivity index (χ2n) is 7.19. The lowest BCUT2D eigenvalue weighted by Gasteiger charge is -2.30. The fourth-order valence-electron chi connectivity index (χ4n) is 3.86. The Labute approximate surface area is 166 Å². The number of halogens is 3. The smallest absolute Gasteiger partial charge is 0.308 e. The first kappa shape index (κ1) is 19.8. The van der Waals surface area contributed by atoms with Gasteiger partial charge in [0.05, 0.1) is 17.0 Å². The van der Waals surface area contributed by atoms with Gasteiger partial charge in [-0.15, -0.1) is 0 Å². The van der Waals surface area contributed by atoms with Crippen molar-refractivity contribution in [1.29, 1.82) is 0 Å². The minimum atomic E-state index is -4.43. The molecule has 1 fully saturated rings. The van der Waals surface area contributed by atoms with Gasteiger partial charge in [0.15, 0.2) is 0 Å². The molecule has 1 saturated heterocycles.